The zero-order chi connectivity index (χ0) is 73.0. The first kappa shape index (κ1) is 79.4. The van der Waals surface area contributed by atoms with Gasteiger partial charge in [-0.3, -0.25) is 0 Å². The average Bonchev–Trinajstić information content (AvgIpc) is 1.48. The van der Waals surface area contributed by atoms with Gasteiger partial charge in [0.1, 0.15) is 0 Å². The van der Waals surface area contributed by atoms with Crippen LogP contribution >= 0.6 is 56.7 Å². The van der Waals surface area contributed by atoms with E-state index >= 15 is 0 Å². The lowest BCUT2D eigenvalue weighted by atomic mass is 9.63. The van der Waals surface area contributed by atoms with Crippen molar-refractivity contribution in [3.05, 3.63) is 183 Å². The summed E-state index contributed by atoms with van der Waals surface area (Å²) in [7, 11) is 0. The first-order valence-corrected chi connectivity index (χ1v) is 46.9. The lowest BCUT2D eigenvalue weighted by Crippen LogP contribution is -2.31. The van der Waals surface area contributed by atoms with Crippen LogP contribution in [-0.4, -0.2) is 5.11 Å². The summed E-state index contributed by atoms with van der Waals surface area (Å²) in [6.45, 7) is 19.2. The van der Waals surface area contributed by atoms with Crippen molar-refractivity contribution >= 4 is 81.0 Å². The lowest BCUT2D eigenvalue weighted by Gasteiger charge is -2.40. The zero-order valence-corrected chi connectivity index (χ0v) is 70.1. The van der Waals surface area contributed by atoms with Crippen LogP contribution < -0.4 is 0 Å². The molecule has 0 radical (unpaired) electrons. The Labute approximate surface area is 657 Å². The number of aliphatic hydroxyl groups excluding tert-OH is 1. The highest BCUT2D eigenvalue weighted by molar-refractivity contribution is 7.17. The maximum Gasteiger partial charge on any atom is 0.0774 e. The summed E-state index contributed by atoms with van der Waals surface area (Å²) < 4.78 is 0. The van der Waals surface area contributed by atoms with Crippen LogP contribution in [-0.2, 0) is 35.7 Å². The highest BCUT2D eigenvalue weighted by Crippen LogP contribution is 2.72. The Balaban J connectivity index is 1.14. The van der Waals surface area contributed by atoms with Gasteiger partial charge >= 0.3 is 0 Å². The Morgan fingerprint density at radius 2 is 0.533 bits per heavy atom. The van der Waals surface area contributed by atoms with Crippen molar-refractivity contribution in [1.82, 2.24) is 0 Å². The lowest BCUT2D eigenvalue weighted by molar-refractivity contribution is 0.285. The highest BCUT2D eigenvalue weighted by Gasteiger charge is 2.58. The number of aryl methyl sites for hydroxylation is 2. The number of thiophene rings is 5. The molecule has 0 amide bonds. The first-order valence-electron chi connectivity index (χ1n) is 42.8. The van der Waals surface area contributed by atoms with Gasteiger partial charge in [0.05, 0.1) is 6.61 Å². The minimum absolute atomic E-state index is 0.0825. The van der Waals surface area contributed by atoms with Crippen LogP contribution in [0.2, 0.25) is 0 Å². The minimum atomic E-state index is -0.195. The summed E-state index contributed by atoms with van der Waals surface area (Å²) in [5, 5.41) is 10.6. The second-order valence-corrected chi connectivity index (χ2v) is 37.8. The number of unbranched alkanes of at least 4 members (excludes halogenated alkanes) is 23. The molecule has 4 aromatic carbocycles. The summed E-state index contributed by atoms with van der Waals surface area (Å²) in [5.41, 5.74) is 23.3. The maximum atomic E-state index is 10.6. The molecular weight excluding hydrogens is 1370 g/mol. The molecular formula is C99H128OS5. The van der Waals surface area contributed by atoms with Crippen molar-refractivity contribution in [2.75, 3.05) is 0 Å². The molecule has 0 spiro atoms. The standard InChI is InChI=1S/C99H128OS5/c1-9-17-25-32-40-75-45-47-77(101-75)49-51-79-53-59-88(103-79)72-42-56-82-85(68-72)97(62-34-24-16-8,63-35-27-19-11-3)94-91(82)95-93(96-92(94)84-58-44-74(90-61-55-81(71-100)105-90)70-87(84)99(96,66-38-30-22-14-6)67-39-31-23-15-7)83-57-43-73(69-86(83)98(95,64-36-28-20-12-4)65-37-29-21-13-5)89-60-54-80(104-89)52-50-78-48-46-76(102-78)41-33-26-18-10-2/h42-61,68-70,100H,9-41,62-67,71H2,1-8H3/b51-49+,52-50+. The molecule has 1 N–H and O–H groups in total. The van der Waals surface area contributed by atoms with Crippen molar-refractivity contribution in [3.63, 3.8) is 0 Å². The molecule has 3 aliphatic rings. The summed E-state index contributed by atoms with van der Waals surface area (Å²) in [6.07, 6.45) is 58.2. The average molecular weight is 1490 g/mol. The third-order valence-electron chi connectivity index (χ3n) is 24.5. The van der Waals surface area contributed by atoms with E-state index in [-0.39, 0.29) is 22.9 Å². The first-order chi connectivity index (χ1) is 51.6. The number of hydrogen-bond donors (Lipinski definition) is 1. The summed E-state index contributed by atoms with van der Waals surface area (Å²) in [4.78, 5) is 13.5. The van der Waals surface area contributed by atoms with E-state index in [4.69, 9.17) is 0 Å². The van der Waals surface area contributed by atoms with E-state index in [0.717, 1.165) is 4.88 Å². The molecule has 0 fully saturated rings. The molecule has 0 saturated carbocycles. The predicted octanol–water partition coefficient (Wildman–Crippen LogP) is 33.3. The molecule has 560 valence electrons. The molecule has 12 rings (SSSR count). The van der Waals surface area contributed by atoms with Gasteiger partial charge in [0, 0.05) is 65.0 Å². The Kier molecular flexibility index (Phi) is 29.4. The molecule has 0 bridgehead atoms. The van der Waals surface area contributed by atoms with Crippen molar-refractivity contribution in [1.29, 1.82) is 0 Å². The topological polar surface area (TPSA) is 20.2 Å². The predicted molar refractivity (Wildman–Crippen MR) is 471 cm³/mol. The molecule has 9 aromatic rings. The van der Waals surface area contributed by atoms with Gasteiger partial charge in [-0.05, 0) is 251 Å². The van der Waals surface area contributed by atoms with Gasteiger partial charge in [-0.25, -0.2) is 0 Å². The van der Waals surface area contributed by atoms with E-state index in [1.54, 1.807) is 72.5 Å². The second kappa shape index (κ2) is 38.9. The van der Waals surface area contributed by atoms with Crippen molar-refractivity contribution in [2.45, 2.75) is 329 Å². The molecule has 5 heterocycles. The minimum Gasteiger partial charge on any atom is -0.391 e. The van der Waals surface area contributed by atoms with Gasteiger partial charge in [0.2, 0.25) is 0 Å². The fraction of sp³-hybridized carbons (Fsp3) is 0.515. The van der Waals surface area contributed by atoms with Crippen molar-refractivity contribution in [2.24, 2.45) is 0 Å². The Morgan fingerprint density at radius 1 is 0.267 bits per heavy atom. The number of benzene rings is 4. The fourth-order valence-corrected chi connectivity index (χ4v) is 23.6. The highest BCUT2D eigenvalue weighted by atomic mass is 32.1. The summed E-state index contributed by atoms with van der Waals surface area (Å²) in [6, 6.07) is 47.9. The molecule has 0 saturated heterocycles. The maximum absolute atomic E-state index is 10.6. The van der Waals surface area contributed by atoms with Gasteiger partial charge in [0.15, 0.2) is 0 Å². The molecule has 5 aromatic heterocycles. The largest absolute Gasteiger partial charge is 0.391 e. The molecule has 1 nitrogen and oxygen atoms in total. The van der Waals surface area contributed by atoms with Crippen LogP contribution in [0.15, 0.2) is 115 Å². The molecule has 6 heteroatoms. The van der Waals surface area contributed by atoms with Crippen molar-refractivity contribution in [3.8, 4) is 64.7 Å². The summed E-state index contributed by atoms with van der Waals surface area (Å²) in [5.74, 6) is 0. The van der Waals surface area contributed by atoms with Gasteiger partial charge in [-0.1, -0.05) is 278 Å². The van der Waals surface area contributed by atoms with Crippen LogP contribution in [0.3, 0.4) is 0 Å². The number of aliphatic hydroxyl groups is 1. The van der Waals surface area contributed by atoms with Crippen LogP contribution in [0.4, 0.5) is 0 Å². The number of hydrogen-bond acceptors (Lipinski definition) is 6. The Morgan fingerprint density at radius 3 is 0.848 bits per heavy atom. The Bertz CT molecular complexity index is 4250. The quantitative estimate of drug-likeness (QED) is 0.0377. The molecule has 0 aliphatic heterocycles. The van der Waals surface area contributed by atoms with E-state index in [9.17, 15) is 5.11 Å². The van der Waals surface area contributed by atoms with Crippen LogP contribution in [0.5, 0.6) is 0 Å². The van der Waals surface area contributed by atoms with E-state index < -0.39 is 0 Å². The number of rotatable bonds is 47. The molecule has 1 atom stereocenters. The third kappa shape index (κ3) is 17.8. The van der Waals surface area contributed by atoms with E-state index in [0.29, 0.717) is 0 Å². The fourth-order valence-electron chi connectivity index (χ4n) is 19.0. The van der Waals surface area contributed by atoms with E-state index in [1.165, 1.54) is 317 Å². The second-order valence-electron chi connectivity index (χ2n) is 32.0. The molecule has 105 heavy (non-hydrogen) atoms. The zero-order valence-electron chi connectivity index (χ0n) is 66.1. The van der Waals surface area contributed by atoms with E-state index in [1.807, 2.05) is 45.3 Å². The van der Waals surface area contributed by atoms with Gasteiger partial charge in [0.25, 0.3) is 0 Å². The third-order valence-corrected chi connectivity index (χ3v) is 30.0. The molecule has 3 aliphatic carbocycles. The van der Waals surface area contributed by atoms with Gasteiger partial charge in [-0.15, -0.1) is 56.7 Å². The smallest absolute Gasteiger partial charge is 0.0774 e. The SMILES string of the molecule is CCCCCCc1ccc(/C=C/c2ccc(-c3ccc4c(c3)C(CCCCC)(CCCCCC)c3c5c(c6c(c3-4)C(CCCCCC)(CCCCCC)c3cc(-c4ccc(/C=C/c7ccc(CCCCCC)s7)s4)ccc3-6)C(CCCCCC)(CCCCCC)c3cc(-c4ccc(CO)s4)ccc3-5)s2)s1. The Hall–Kier alpha value is -5.18. The van der Waals surface area contributed by atoms with Crippen LogP contribution in [0.1, 0.15) is 360 Å². The summed E-state index contributed by atoms with van der Waals surface area (Å²) >= 11 is 9.74. The van der Waals surface area contributed by atoms with Gasteiger partial charge < -0.3 is 5.11 Å². The van der Waals surface area contributed by atoms with Gasteiger partial charge in [-0.2, -0.15) is 0 Å². The van der Waals surface area contributed by atoms with Crippen LogP contribution in [0.25, 0.3) is 89.0 Å². The monoisotopic (exact) mass is 1490 g/mol. The van der Waals surface area contributed by atoms with Crippen LogP contribution in [0, 0.1) is 0 Å². The normalized spacial score (nSPS) is 15.2. The van der Waals surface area contributed by atoms with Crippen molar-refractivity contribution < 1.29 is 5.11 Å². The molecule has 1 unspecified atom stereocenters. The number of fused-ring (bicyclic) bond motifs is 12. The van der Waals surface area contributed by atoms with E-state index in [2.05, 4.69) is 195 Å².